The van der Waals surface area contributed by atoms with E-state index in [-0.39, 0.29) is 30.2 Å². The summed E-state index contributed by atoms with van der Waals surface area (Å²) in [5.41, 5.74) is 3.23. The number of anilines is 1. The third-order valence-corrected chi connectivity index (χ3v) is 6.24. The van der Waals surface area contributed by atoms with Crippen LogP contribution >= 0.6 is 0 Å². The molecule has 11 heteroatoms. The Balaban J connectivity index is 1.56. The van der Waals surface area contributed by atoms with Crippen molar-refractivity contribution in [3.63, 3.8) is 0 Å². The highest BCUT2D eigenvalue weighted by Gasteiger charge is 2.44. The first-order valence-electron chi connectivity index (χ1n) is 11.4. The van der Waals surface area contributed by atoms with Crippen LogP contribution in [0.2, 0.25) is 0 Å². The van der Waals surface area contributed by atoms with Gasteiger partial charge in [0.05, 0.1) is 18.4 Å². The second kappa shape index (κ2) is 9.62. The maximum atomic E-state index is 13.7. The molecule has 0 saturated heterocycles. The molecule has 0 fully saturated rings. The summed E-state index contributed by atoms with van der Waals surface area (Å²) < 4.78 is 0. The molecule has 0 bridgehead atoms. The highest BCUT2D eigenvalue weighted by molar-refractivity contribution is 6.08. The van der Waals surface area contributed by atoms with Crippen LogP contribution < -0.4 is 20.9 Å². The molecule has 2 aliphatic rings. The van der Waals surface area contributed by atoms with E-state index in [9.17, 15) is 19.2 Å². The molecule has 2 aliphatic heterocycles. The van der Waals surface area contributed by atoms with Crippen molar-refractivity contribution in [3.05, 3.63) is 41.2 Å². The van der Waals surface area contributed by atoms with Crippen molar-refractivity contribution in [2.45, 2.75) is 64.7 Å². The van der Waals surface area contributed by atoms with E-state index < -0.39 is 24.0 Å². The van der Waals surface area contributed by atoms with Crippen molar-refractivity contribution in [2.75, 3.05) is 4.90 Å². The number of aryl methyl sites for hydroxylation is 1. The van der Waals surface area contributed by atoms with Gasteiger partial charge in [0.25, 0.3) is 0 Å². The number of para-hydroxylation sites is 1. The zero-order valence-electron chi connectivity index (χ0n) is 19.4. The molecule has 0 saturated carbocycles. The minimum Gasteiger partial charge on any atom is -0.348 e. The average molecular weight is 468 g/mol. The number of benzene rings is 1. The fraction of sp³-hybridized carbons (Fsp3) is 0.478. The summed E-state index contributed by atoms with van der Waals surface area (Å²) in [5.74, 6) is -1.52. The standard InChI is InChI=1S/C23H29N7O4/c1-12(2)19(26-13(3)31)22(33)27-17-8-7-14-5-4-6-15-9-18(30(20(14)15)23(17)34)21(32)24-10-16-11-25-29-28-16/h4-6,11-12,17-19H,7-10H2,1-3H3,(H,24,32)(H,26,31)(H,27,33)(H,25,28,29)/t17-,18-,19-/m0/s1. The molecule has 3 atom stereocenters. The highest BCUT2D eigenvalue weighted by atomic mass is 16.2. The number of aromatic amines is 1. The predicted molar refractivity (Wildman–Crippen MR) is 122 cm³/mol. The van der Waals surface area contributed by atoms with E-state index in [4.69, 9.17) is 0 Å². The lowest BCUT2D eigenvalue weighted by Crippen LogP contribution is -2.57. The summed E-state index contributed by atoms with van der Waals surface area (Å²) in [6, 6.07) is 3.50. The highest BCUT2D eigenvalue weighted by Crippen LogP contribution is 2.39. The zero-order valence-corrected chi connectivity index (χ0v) is 19.4. The van der Waals surface area contributed by atoms with Gasteiger partial charge < -0.3 is 16.0 Å². The van der Waals surface area contributed by atoms with Crippen LogP contribution in [0.1, 0.15) is 44.0 Å². The Morgan fingerprint density at radius 1 is 1.24 bits per heavy atom. The minimum absolute atomic E-state index is 0.157. The topological polar surface area (TPSA) is 149 Å². The van der Waals surface area contributed by atoms with Gasteiger partial charge in [-0.05, 0) is 29.9 Å². The first kappa shape index (κ1) is 23.4. The molecule has 0 aliphatic carbocycles. The Morgan fingerprint density at radius 3 is 2.68 bits per heavy atom. The molecule has 4 N–H and O–H groups in total. The second-order valence-corrected chi connectivity index (χ2v) is 9.05. The van der Waals surface area contributed by atoms with E-state index in [0.717, 1.165) is 16.8 Å². The second-order valence-electron chi connectivity index (χ2n) is 9.05. The number of carbonyl (C=O) groups is 4. The lowest BCUT2D eigenvalue weighted by Gasteiger charge is -2.29. The number of hydrogen-bond donors (Lipinski definition) is 4. The zero-order chi connectivity index (χ0) is 24.4. The lowest BCUT2D eigenvalue weighted by molar-refractivity contribution is -0.132. The van der Waals surface area contributed by atoms with E-state index in [1.807, 2.05) is 32.0 Å². The Hall–Kier alpha value is -3.76. The van der Waals surface area contributed by atoms with Crippen molar-refractivity contribution in [1.29, 1.82) is 0 Å². The molecule has 0 unspecified atom stereocenters. The Labute approximate surface area is 197 Å². The van der Waals surface area contributed by atoms with Crippen molar-refractivity contribution >= 4 is 29.3 Å². The number of nitrogens with zero attached hydrogens (tertiary/aromatic N) is 3. The van der Waals surface area contributed by atoms with E-state index in [0.29, 0.717) is 25.0 Å². The first-order chi connectivity index (χ1) is 16.3. The van der Waals surface area contributed by atoms with Crippen LogP contribution in [0.3, 0.4) is 0 Å². The van der Waals surface area contributed by atoms with Crippen LogP contribution in [-0.2, 0) is 38.6 Å². The van der Waals surface area contributed by atoms with Crippen molar-refractivity contribution in [2.24, 2.45) is 5.92 Å². The van der Waals surface area contributed by atoms with E-state index in [1.165, 1.54) is 18.0 Å². The molecule has 0 spiro atoms. The van der Waals surface area contributed by atoms with Crippen LogP contribution in [0, 0.1) is 5.92 Å². The lowest BCUT2D eigenvalue weighted by atomic mass is 10.00. The summed E-state index contributed by atoms with van der Waals surface area (Å²) in [6.07, 6.45) is 2.89. The summed E-state index contributed by atoms with van der Waals surface area (Å²) in [4.78, 5) is 52.9. The monoisotopic (exact) mass is 467 g/mol. The maximum absolute atomic E-state index is 13.7. The van der Waals surface area contributed by atoms with Gasteiger partial charge in [-0.15, -0.1) is 0 Å². The Morgan fingerprint density at radius 2 is 2.00 bits per heavy atom. The van der Waals surface area contributed by atoms with Gasteiger partial charge in [-0.1, -0.05) is 32.0 Å². The number of aromatic nitrogens is 3. The molecule has 180 valence electrons. The number of amides is 4. The third kappa shape index (κ3) is 4.63. The first-order valence-corrected chi connectivity index (χ1v) is 11.4. The molecule has 4 rings (SSSR count). The molecule has 3 heterocycles. The molecule has 1 aromatic heterocycles. The number of rotatable bonds is 7. The van der Waals surface area contributed by atoms with Gasteiger partial charge in [-0.3, -0.25) is 24.1 Å². The smallest absolute Gasteiger partial charge is 0.250 e. The number of hydrogen-bond acceptors (Lipinski definition) is 6. The Kier molecular flexibility index (Phi) is 6.62. The number of carbonyl (C=O) groups excluding carboxylic acids is 4. The average Bonchev–Trinajstić information content (AvgIpc) is 3.42. The normalized spacial score (nSPS) is 19.9. The SMILES string of the molecule is CC(=O)N[C@H](C(=O)N[C@H]1CCc2cccc3c2N(C1=O)[C@H](C(=O)NCc1cn[nH]n1)C3)C(C)C. The molecular formula is C23H29N7O4. The Bertz CT molecular complexity index is 1100. The largest absolute Gasteiger partial charge is 0.348 e. The van der Waals surface area contributed by atoms with Gasteiger partial charge in [0.2, 0.25) is 23.6 Å². The van der Waals surface area contributed by atoms with Gasteiger partial charge >= 0.3 is 0 Å². The van der Waals surface area contributed by atoms with Crippen molar-refractivity contribution in [1.82, 2.24) is 31.4 Å². The minimum atomic E-state index is -0.813. The maximum Gasteiger partial charge on any atom is 0.250 e. The van der Waals surface area contributed by atoms with Gasteiger partial charge in [-0.25, -0.2) is 0 Å². The van der Waals surface area contributed by atoms with Crippen molar-refractivity contribution < 1.29 is 19.2 Å². The quantitative estimate of drug-likeness (QED) is 0.449. The van der Waals surface area contributed by atoms with E-state index >= 15 is 0 Å². The molecule has 1 aromatic carbocycles. The van der Waals surface area contributed by atoms with Crippen LogP contribution in [0.25, 0.3) is 0 Å². The number of H-pyrrole nitrogens is 1. The molecule has 11 nitrogen and oxygen atoms in total. The molecule has 2 aromatic rings. The van der Waals surface area contributed by atoms with E-state index in [1.54, 1.807) is 0 Å². The third-order valence-electron chi connectivity index (χ3n) is 6.24. The van der Waals surface area contributed by atoms with Crippen LogP contribution in [0.4, 0.5) is 5.69 Å². The fourth-order valence-electron chi connectivity index (χ4n) is 4.60. The fourth-order valence-corrected chi connectivity index (χ4v) is 4.60. The van der Waals surface area contributed by atoms with Gasteiger partial charge in [-0.2, -0.15) is 15.4 Å². The molecular weight excluding hydrogens is 438 g/mol. The molecule has 34 heavy (non-hydrogen) atoms. The van der Waals surface area contributed by atoms with Crippen LogP contribution in [-0.4, -0.2) is 57.2 Å². The predicted octanol–water partition coefficient (Wildman–Crippen LogP) is -0.0295. The van der Waals surface area contributed by atoms with Crippen molar-refractivity contribution in [3.8, 4) is 0 Å². The van der Waals surface area contributed by atoms with Crippen LogP contribution in [0.5, 0.6) is 0 Å². The summed E-state index contributed by atoms with van der Waals surface area (Å²) in [7, 11) is 0. The van der Waals surface area contributed by atoms with Crippen LogP contribution in [0.15, 0.2) is 24.4 Å². The summed E-state index contributed by atoms with van der Waals surface area (Å²) >= 11 is 0. The molecule has 4 amide bonds. The van der Waals surface area contributed by atoms with Gasteiger partial charge in [0, 0.05) is 13.3 Å². The number of nitrogens with one attached hydrogen (secondary N) is 4. The molecule has 0 radical (unpaired) electrons. The van der Waals surface area contributed by atoms with Gasteiger partial charge in [0.15, 0.2) is 0 Å². The summed E-state index contributed by atoms with van der Waals surface area (Å²) in [5, 5.41) is 18.5. The van der Waals surface area contributed by atoms with Gasteiger partial charge in [0.1, 0.15) is 23.8 Å². The summed E-state index contributed by atoms with van der Waals surface area (Å²) in [6.45, 7) is 5.19. The van der Waals surface area contributed by atoms with E-state index in [2.05, 4.69) is 31.4 Å².